The zero-order valence-electron chi connectivity index (χ0n) is 6.45. The highest BCUT2D eigenvalue weighted by atomic mass is 19.1. The van der Waals surface area contributed by atoms with Crippen LogP contribution in [0.3, 0.4) is 0 Å². The van der Waals surface area contributed by atoms with E-state index < -0.39 is 11.4 Å². The van der Waals surface area contributed by atoms with E-state index in [2.05, 4.69) is 4.42 Å². The van der Waals surface area contributed by atoms with E-state index in [1.54, 1.807) is 0 Å². The van der Waals surface area contributed by atoms with E-state index in [1.807, 2.05) is 0 Å². The number of benzene rings is 1. The molecular weight excluding hydrogens is 175 g/mol. The van der Waals surface area contributed by atoms with Crippen LogP contribution in [0.5, 0.6) is 5.75 Å². The molecule has 0 saturated heterocycles. The summed E-state index contributed by atoms with van der Waals surface area (Å²) in [4.78, 5) is 10.8. The van der Waals surface area contributed by atoms with Crippen LogP contribution >= 0.6 is 0 Å². The van der Waals surface area contributed by atoms with Crippen molar-refractivity contribution in [3.05, 3.63) is 40.5 Å². The van der Waals surface area contributed by atoms with E-state index in [9.17, 15) is 14.3 Å². The summed E-state index contributed by atoms with van der Waals surface area (Å²) in [7, 11) is 0. The number of para-hydroxylation sites is 1. The van der Waals surface area contributed by atoms with Gasteiger partial charge in [-0.3, -0.25) is 0 Å². The number of hydrogen-bond donors (Lipinski definition) is 1. The van der Waals surface area contributed by atoms with Crippen LogP contribution in [0.25, 0.3) is 11.0 Å². The highest BCUT2D eigenvalue weighted by molar-refractivity contribution is 5.82. The molecule has 4 heteroatoms. The first-order valence-electron chi connectivity index (χ1n) is 3.60. The molecule has 13 heavy (non-hydrogen) atoms. The molecule has 0 aliphatic carbocycles. The second-order valence-corrected chi connectivity index (χ2v) is 2.57. The first kappa shape index (κ1) is 7.79. The zero-order valence-corrected chi connectivity index (χ0v) is 6.45. The Hall–Kier alpha value is -1.84. The molecule has 1 heterocycles. The van der Waals surface area contributed by atoms with Gasteiger partial charge in [0.05, 0.1) is 11.5 Å². The van der Waals surface area contributed by atoms with Gasteiger partial charge in [0, 0.05) is 0 Å². The average Bonchev–Trinajstić information content (AvgIpc) is 2.07. The minimum absolute atomic E-state index is 0.194. The smallest absolute Gasteiger partial charge is 0.340 e. The number of halogens is 1. The van der Waals surface area contributed by atoms with Gasteiger partial charge in [0.15, 0.2) is 11.4 Å². The third-order valence-corrected chi connectivity index (χ3v) is 1.70. The minimum Gasteiger partial charge on any atom is -0.507 e. The van der Waals surface area contributed by atoms with Crippen LogP contribution in [-0.4, -0.2) is 5.11 Å². The maximum atomic E-state index is 13.0. The summed E-state index contributed by atoms with van der Waals surface area (Å²) in [5.41, 5.74) is -0.984. The normalized spacial score (nSPS) is 10.5. The molecule has 66 valence electrons. The largest absolute Gasteiger partial charge is 0.507 e. The summed E-state index contributed by atoms with van der Waals surface area (Å²) in [6.07, 6.45) is 0. The molecule has 0 amide bonds. The molecular formula is C9H5FO3. The Labute approximate surface area is 72.0 Å². The first-order valence-corrected chi connectivity index (χ1v) is 3.60. The molecule has 3 nitrogen and oxygen atoms in total. The molecule has 0 atom stereocenters. The van der Waals surface area contributed by atoms with Crippen molar-refractivity contribution in [2.75, 3.05) is 0 Å². The number of rotatable bonds is 0. The Morgan fingerprint density at radius 1 is 1.38 bits per heavy atom. The zero-order chi connectivity index (χ0) is 9.42. The summed E-state index contributed by atoms with van der Waals surface area (Å²) in [5, 5.41) is 9.44. The SMILES string of the molecule is O=c1cc(O)c2cccc(F)c2o1. The molecule has 0 bridgehead atoms. The van der Waals surface area contributed by atoms with Crippen molar-refractivity contribution in [3.63, 3.8) is 0 Å². The van der Waals surface area contributed by atoms with Crippen molar-refractivity contribution in [2.24, 2.45) is 0 Å². The summed E-state index contributed by atoms with van der Waals surface area (Å²) >= 11 is 0. The number of hydrogen-bond acceptors (Lipinski definition) is 3. The van der Waals surface area contributed by atoms with Gasteiger partial charge >= 0.3 is 5.63 Å². The molecule has 0 fully saturated rings. The lowest BCUT2D eigenvalue weighted by molar-refractivity contribution is 0.463. The third kappa shape index (κ3) is 1.16. The van der Waals surface area contributed by atoms with Crippen LogP contribution in [0, 0.1) is 5.82 Å². The molecule has 1 aromatic heterocycles. The van der Waals surface area contributed by atoms with E-state index in [1.165, 1.54) is 12.1 Å². The fraction of sp³-hybridized carbons (Fsp3) is 0. The van der Waals surface area contributed by atoms with Crippen molar-refractivity contribution < 1.29 is 13.9 Å². The molecule has 0 radical (unpaired) electrons. The maximum absolute atomic E-state index is 13.0. The van der Waals surface area contributed by atoms with Gasteiger partial charge in [-0.15, -0.1) is 0 Å². The van der Waals surface area contributed by atoms with Gasteiger partial charge in [-0.25, -0.2) is 9.18 Å². The van der Waals surface area contributed by atoms with Crippen LogP contribution in [0.2, 0.25) is 0 Å². The van der Waals surface area contributed by atoms with Gasteiger partial charge in [-0.1, -0.05) is 6.07 Å². The van der Waals surface area contributed by atoms with Crippen molar-refractivity contribution in [3.8, 4) is 5.75 Å². The highest BCUT2D eigenvalue weighted by Gasteiger charge is 2.07. The topological polar surface area (TPSA) is 50.4 Å². The predicted molar refractivity (Wildman–Crippen MR) is 44.1 cm³/mol. The van der Waals surface area contributed by atoms with Gasteiger partial charge in [0.1, 0.15) is 5.75 Å². The van der Waals surface area contributed by atoms with E-state index in [0.717, 1.165) is 12.1 Å². The Morgan fingerprint density at radius 2 is 2.15 bits per heavy atom. The van der Waals surface area contributed by atoms with Crippen LogP contribution in [0.1, 0.15) is 0 Å². The van der Waals surface area contributed by atoms with Gasteiger partial charge < -0.3 is 9.52 Å². The predicted octanol–water partition coefficient (Wildman–Crippen LogP) is 1.64. The molecule has 0 spiro atoms. The van der Waals surface area contributed by atoms with Gasteiger partial charge in [0.25, 0.3) is 0 Å². The van der Waals surface area contributed by atoms with Gasteiger partial charge in [-0.2, -0.15) is 0 Å². The average molecular weight is 180 g/mol. The summed E-state index contributed by atoms with van der Waals surface area (Å²) in [5.74, 6) is -0.934. The second-order valence-electron chi connectivity index (χ2n) is 2.57. The summed E-state index contributed by atoms with van der Waals surface area (Å²) < 4.78 is 17.6. The van der Waals surface area contributed by atoms with Crippen LogP contribution in [0.4, 0.5) is 4.39 Å². The lowest BCUT2D eigenvalue weighted by Crippen LogP contribution is -1.96. The number of aromatic hydroxyl groups is 1. The molecule has 2 aromatic rings. The van der Waals surface area contributed by atoms with E-state index in [4.69, 9.17) is 0 Å². The van der Waals surface area contributed by atoms with Gasteiger partial charge in [0.2, 0.25) is 0 Å². The molecule has 0 aliphatic rings. The van der Waals surface area contributed by atoms with Crippen molar-refractivity contribution >= 4 is 11.0 Å². The Balaban J connectivity index is 3.03. The van der Waals surface area contributed by atoms with Crippen LogP contribution in [-0.2, 0) is 0 Å². The fourth-order valence-corrected chi connectivity index (χ4v) is 1.13. The highest BCUT2D eigenvalue weighted by Crippen LogP contribution is 2.23. The molecule has 0 saturated carbocycles. The van der Waals surface area contributed by atoms with Crippen molar-refractivity contribution in [1.29, 1.82) is 0 Å². The Kier molecular flexibility index (Phi) is 1.55. The fourth-order valence-electron chi connectivity index (χ4n) is 1.13. The molecule has 1 aromatic carbocycles. The van der Waals surface area contributed by atoms with E-state index in [-0.39, 0.29) is 16.7 Å². The van der Waals surface area contributed by atoms with Crippen LogP contribution in [0.15, 0.2) is 33.5 Å². The lowest BCUT2D eigenvalue weighted by Gasteiger charge is -1.98. The quantitative estimate of drug-likeness (QED) is 0.627. The molecule has 0 aliphatic heterocycles. The number of fused-ring (bicyclic) bond motifs is 1. The van der Waals surface area contributed by atoms with E-state index in [0.29, 0.717) is 0 Å². The lowest BCUT2D eigenvalue weighted by atomic mass is 10.2. The molecule has 0 unspecified atom stereocenters. The third-order valence-electron chi connectivity index (χ3n) is 1.70. The first-order chi connectivity index (χ1) is 6.18. The van der Waals surface area contributed by atoms with Crippen LogP contribution < -0.4 is 5.63 Å². The second kappa shape index (κ2) is 2.58. The van der Waals surface area contributed by atoms with Crippen molar-refractivity contribution in [1.82, 2.24) is 0 Å². The summed E-state index contributed by atoms with van der Waals surface area (Å²) in [6.45, 7) is 0. The van der Waals surface area contributed by atoms with Gasteiger partial charge in [-0.05, 0) is 12.1 Å². The molecule has 1 N–H and O–H groups in total. The standard InChI is InChI=1S/C9H5FO3/c10-6-3-1-2-5-7(11)4-8(12)13-9(5)6/h1-4,11H. The summed E-state index contributed by atoms with van der Waals surface area (Å²) in [6, 6.07) is 4.96. The van der Waals surface area contributed by atoms with E-state index >= 15 is 0 Å². The Morgan fingerprint density at radius 3 is 2.92 bits per heavy atom. The molecule has 2 rings (SSSR count). The maximum Gasteiger partial charge on any atom is 0.340 e. The van der Waals surface area contributed by atoms with Crippen molar-refractivity contribution in [2.45, 2.75) is 0 Å². The Bertz CT molecular complexity index is 516. The minimum atomic E-state index is -0.768. The monoisotopic (exact) mass is 180 g/mol.